The first-order chi connectivity index (χ1) is 10.4. The molecule has 3 rings (SSSR count). The molecule has 1 aliphatic carbocycles. The summed E-state index contributed by atoms with van der Waals surface area (Å²) in [4.78, 5) is 24.6. The van der Waals surface area contributed by atoms with Crippen molar-refractivity contribution >= 4 is 23.0 Å². The zero-order chi connectivity index (χ0) is 16.1. The van der Waals surface area contributed by atoms with E-state index >= 15 is 0 Å². The van der Waals surface area contributed by atoms with Crippen LogP contribution >= 0.6 is 0 Å². The van der Waals surface area contributed by atoms with Crippen molar-refractivity contribution in [3.05, 3.63) is 45.8 Å². The van der Waals surface area contributed by atoms with Crippen molar-refractivity contribution < 1.29 is 29.3 Å². The lowest BCUT2D eigenvalue weighted by atomic mass is 9.82. The zero-order valence-corrected chi connectivity index (χ0v) is 11.4. The minimum atomic E-state index is -2.60. The summed E-state index contributed by atoms with van der Waals surface area (Å²) in [7, 11) is 1.02. The molecule has 0 saturated heterocycles. The summed E-state index contributed by atoms with van der Waals surface area (Å²) in [5.41, 5.74) is -3.79. The summed E-state index contributed by atoms with van der Waals surface area (Å²) in [6.07, 6.45) is 0.720. The van der Waals surface area contributed by atoms with Crippen molar-refractivity contribution in [3.63, 3.8) is 0 Å². The average molecular weight is 304 g/mol. The molecule has 0 spiro atoms. The molecule has 0 aliphatic heterocycles. The standard InChI is InChI=1S/C15H12O7/c1-21-14(19)15(20)10(17)6-5-9-12(15)13(18)11-7(16)3-2-4-8(11)22-9/h2-6,10,16-17,20H,1H3/t10-,15-/m1/s1. The van der Waals surface area contributed by atoms with Gasteiger partial charge >= 0.3 is 5.97 Å². The fourth-order valence-corrected chi connectivity index (χ4v) is 2.56. The van der Waals surface area contributed by atoms with Crippen LogP contribution in [0, 0.1) is 0 Å². The number of aliphatic hydroxyl groups excluding tert-OH is 1. The third kappa shape index (κ3) is 1.69. The van der Waals surface area contributed by atoms with Gasteiger partial charge in [0.15, 0.2) is 0 Å². The number of benzene rings is 1. The van der Waals surface area contributed by atoms with Crippen molar-refractivity contribution in [2.45, 2.75) is 11.7 Å². The number of carbonyl (C=O) groups excluding carboxylic acids is 1. The molecule has 7 heteroatoms. The molecule has 2 atom stereocenters. The van der Waals surface area contributed by atoms with Crippen molar-refractivity contribution in [2.75, 3.05) is 7.11 Å². The number of aliphatic hydroxyl groups is 2. The van der Waals surface area contributed by atoms with Crippen LogP contribution in [-0.2, 0) is 15.1 Å². The maximum atomic E-state index is 12.6. The summed E-state index contributed by atoms with van der Waals surface area (Å²) in [5.74, 6) is -1.64. The molecule has 0 amide bonds. The Morgan fingerprint density at radius 3 is 2.82 bits per heavy atom. The molecular formula is C15H12O7. The molecule has 0 radical (unpaired) electrons. The van der Waals surface area contributed by atoms with E-state index in [1.54, 1.807) is 0 Å². The Balaban J connectivity index is 2.46. The third-order valence-electron chi connectivity index (χ3n) is 3.66. The van der Waals surface area contributed by atoms with E-state index < -0.39 is 28.7 Å². The number of ether oxygens (including phenoxy) is 1. The van der Waals surface area contributed by atoms with E-state index in [1.807, 2.05) is 0 Å². The molecule has 22 heavy (non-hydrogen) atoms. The number of carbonyl (C=O) groups is 1. The second kappa shape index (κ2) is 4.69. The van der Waals surface area contributed by atoms with Crippen LogP contribution in [-0.4, -0.2) is 34.5 Å². The second-order valence-electron chi connectivity index (χ2n) is 4.88. The molecule has 0 saturated carbocycles. The number of fused-ring (bicyclic) bond motifs is 2. The predicted octanol–water partition coefficient (Wildman–Crippen LogP) is 0.247. The Morgan fingerprint density at radius 1 is 1.41 bits per heavy atom. The molecule has 114 valence electrons. The topological polar surface area (TPSA) is 117 Å². The molecule has 1 aliphatic rings. The van der Waals surface area contributed by atoms with Crippen LogP contribution in [0.1, 0.15) is 11.3 Å². The van der Waals surface area contributed by atoms with E-state index in [1.165, 1.54) is 24.3 Å². The fraction of sp³-hybridized carbons (Fsp3) is 0.200. The number of phenols is 1. The minimum Gasteiger partial charge on any atom is -0.507 e. The van der Waals surface area contributed by atoms with Gasteiger partial charge in [0, 0.05) is 0 Å². The summed E-state index contributed by atoms with van der Waals surface area (Å²) in [5, 5.41) is 30.2. The molecule has 1 aromatic heterocycles. The van der Waals surface area contributed by atoms with Gasteiger partial charge in [-0.2, -0.15) is 0 Å². The molecule has 0 unspecified atom stereocenters. The van der Waals surface area contributed by atoms with Gasteiger partial charge in [-0.1, -0.05) is 6.07 Å². The van der Waals surface area contributed by atoms with Crippen molar-refractivity contribution in [3.8, 4) is 5.75 Å². The Hall–Kier alpha value is -2.64. The van der Waals surface area contributed by atoms with Crippen LogP contribution < -0.4 is 5.43 Å². The molecule has 7 nitrogen and oxygen atoms in total. The van der Waals surface area contributed by atoms with E-state index in [4.69, 9.17) is 4.42 Å². The van der Waals surface area contributed by atoms with E-state index in [-0.39, 0.29) is 22.5 Å². The molecule has 1 heterocycles. The van der Waals surface area contributed by atoms with Gasteiger partial charge in [-0.05, 0) is 24.3 Å². The molecular weight excluding hydrogens is 292 g/mol. The molecule has 1 aromatic carbocycles. The van der Waals surface area contributed by atoms with Crippen LogP contribution in [0.25, 0.3) is 17.0 Å². The molecule has 3 N–H and O–H groups in total. The quantitative estimate of drug-likeness (QED) is 0.646. The smallest absolute Gasteiger partial charge is 0.346 e. The second-order valence-corrected chi connectivity index (χ2v) is 4.88. The summed E-state index contributed by atoms with van der Waals surface area (Å²) in [6.45, 7) is 0. The highest BCUT2D eigenvalue weighted by Gasteiger charge is 2.51. The van der Waals surface area contributed by atoms with Gasteiger partial charge in [0.25, 0.3) is 0 Å². The number of rotatable bonds is 1. The first-order valence-electron chi connectivity index (χ1n) is 6.37. The highest BCUT2D eigenvalue weighted by molar-refractivity contribution is 5.90. The predicted molar refractivity (Wildman–Crippen MR) is 75.1 cm³/mol. The summed E-state index contributed by atoms with van der Waals surface area (Å²) in [6, 6.07) is 4.23. The molecule has 0 bridgehead atoms. The Kier molecular flexibility index (Phi) is 3.05. The highest BCUT2D eigenvalue weighted by atomic mass is 16.5. The lowest BCUT2D eigenvalue weighted by Crippen LogP contribution is -2.51. The molecule has 2 aromatic rings. The lowest BCUT2D eigenvalue weighted by Gasteiger charge is -2.31. The van der Waals surface area contributed by atoms with Gasteiger partial charge in [-0.25, -0.2) is 4.79 Å². The maximum Gasteiger partial charge on any atom is 0.346 e. The zero-order valence-electron chi connectivity index (χ0n) is 11.4. The van der Waals surface area contributed by atoms with Gasteiger partial charge in [0.05, 0.1) is 12.7 Å². The SMILES string of the molecule is COC(=O)[C@]1(O)c2c(oc3cccc(O)c3c2=O)C=C[C@H]1O. The van der Waals surface area contributed by atoms with Crippen LogP contribution in [0.15, 0.2) is 33.5 Å². The van der Waals surface area contributed by atoms with Gasteiger partial charge in [-0.15, -0.1) is 0 Å². The number of aromatic hydroxyl groups is 1. The number of hydrogen-bond donors (Lipinski definition) is 3. The number of methoxy groups -OCH3 is 1. The fourth-order valence-electron chi connectivity index (χ4n) is 2.56. The van der Waals surface area contributed by atoms with Crippen molar-refractivity contribution in [1.82, 2.24) is 0 Å². The Bertz CT molecular complexity index is 864. The number of phenolic OH excluding ortho intramolecular Hbond substituents is 1. The number of esters is 1. The summed E-state index contributed by atoms with van der Waals surface area (Å²) >= 11 is 0. The number of hydrogen-bond acceptors (Lipinski definition) is 7. The van der Waals surface area contributed by atoms with Gasteiger partial charge in [-0.3, -0.25) is 4.79 Å². The monoisotopic (exact) mass is 304 g/mol. The maximum absolute atomic E-state index is 12.6. The van der Waals surface area contributed by atoms with Crippen LogP contribution in [0.3, 0.4) is 0 Å². The Morgan fingerprint density at radius 2 is 2.14 bits per heavy atom. The van der Waals surface area contributed by atoms with E-state index in [9.17, 15) is 24.9 Å². The van der Waals surface area contributed by atoms with E-state index in [2.05, 4.69) is 4.74 Å². The molecule has 0 fully saturated rings. The van der Waals surface area contributed by atoms with E-state index in [0.29, 0.717) is 0 Å². The van der Waals surface area contributed by atoms with Crippen molar-refractivity contribution in [1.29, 1.82) is 0 Å². The van der Waals surface area contributed by atoms with Crippen LogP contribution in [0.4, 0.5) is 0 Å². The van der Waals surface area contributed by atoms with Gasteiger partial charge in [0.2, 0.25) is 11.0 Å². The van der Waals surface area contributed by atoms with Crippen molar-refractivity contribution in [2.24, 2.45) is 0 Å². The first kappa shape index (κ1) is 14.3. The first-order valence-corrected chi connectivity index (χ1v) is 6.37. The van der Waals surface area contributed by atoms with Crippen LogP contribution in [0.2, 0.25) is 0 Å². The van der Waals surface area contributed by atoms with Gasteiger partial charge < -0.3 is 24.5 Å². The van der Waals surface area contributed by atoms with E-state index in [0.717, 1.165) is 13.2 Å². The Labute approximate surface area is 123 Å². The largest absolute Gasteiger partial charge is 0.507 e. The van der Waals surface area contributed by atoms with Gasteiger partial charge in [0.1, 0.15) is 28.6 Å². The average Bonchev–Trinajstić information content (AvgIpc) is 2.50. The highest BCUT2D eigenvalue weighted by Crippen LogP contribution is 2.35. The summed E-state index contributed by atoms with van der Waals surface area (Å²) < 4.78 is 9.95. The van der Waals surface area contributed by atoms with Crippen LogP contribution in [0.5, 0.6) is 5.75 Å². The third-order valence-corrected chi connectivity index (χ3v) is 3.66. The lowest BCUT2D eigenvalue weighted by molar-refractivity contribution is -0.174. The minimum absolute atomic E-state index is 0.0821. The normalized spacial score (nSPS) is 23.3.